The van der Waals surface area contributed by atoms with Gasteiger partial charge in [0.2, 0.25) is 0 Å². The average molecular weight is 682 g/mol. The zero-order valence-electron chi connectivity index (χ0n) is 29.1. The monoisotopic (exact) mass is 681 g/mol. The van der Waals surface area contributed by atoms with E-state index in [-0.39, 0.29) is 12.8 Å². The Labute approximate surface area is 311 Å². The molecule has 0 saturated heterocycles. The maximum absolute atomic E-state index is 4.95. The molecule has 0 fully saturated rings. The van der Waals surface area contributed by atoms with E-state index >= 15 is 0 Å². The molecule has 254 valence electrons. The third-order valence-electron chi connectivity index (χ3n) is 11.0. The number of hydrogen-bond acceptors (Lipinski definition) is 3. The van der Waals surface area contributed by atoms with Crippen LogP contribution in [0.5, 0.6) is 0 Å². The molecular weight excluding hydrogens is 643 g/mol. The van der Waals surface area contributed by atoms with Crippen molar-refractivity contribution >= 4 is 0 Å². The Hall–Kier alpha value is -6.45. The van der Waals surface area contributed by atoms with Gasteiger partial charge in [0.05, 0.1) is 0 Å². The quantitative estimate of drug-likeness (QED) is 0.181. The summed E-state index contributed by atoms with van der Waals surface area (Å²) in [4.78, 5) is 14.8. The van der Waals surface area contributed by atoms with Crippen molar-refractivity contribution in [2.24, 2.45) is 0 Å². The Morgan fingerprint density at radius 3 is 1.36 bits per heavy atom. The minimum atomic E-state index is 0. The molecule has 0 spiro atoms. The lowest BCUT2D eigenvalue weighted by molar-refractivity contribution is 0.660. The van der Waals surface area contributed by atoms with E-state index in [0.717, 1.165) is 23.1 Å². The van der Waals surface area contributed by atoms with Crippen LogP contribution in [0.1, 0.15) is 43.5 Å². The second-order valence-electron chi connectivity index (χ2n) is 14.4. The summed E-state index contributed by atoms with van der Waals surface area (Å²) in [6, 6.07) is 58.5. The molecule has 1 aromatic heterocycles. The molecule has 3 heteroatoms. The van der Waals surface area contributed by atoms with Crippen LogP contribution in [-0.4, -0.2) is 15.0 Å². The largest absolute Gasteiger partial charge is 0.208 e. The average Bonchev–Trinajstić information content (AvgIpc) is 3.70. The molecule has 0 saturated carbocycles. The lowest BCUT2D eigenvalue weighted by atomic mass is 9.82. The number of aromatic nitrogens is 3. The smallest absolute Gasteiger partial charge is 0.164 e. The Balaban J connectivity index is 0.00000372. The van der Waals surface area contributed by atoms with Crippen LogP contribution in [-0.2, 0) is 11.8 Å². The highest BCUT2D eigenvalue weighted by atomic mass is 15.0. The lowest BCUT2D eigenvalue weighted by Gasteiger charge is -2.21. The van der Waals surface area contributed by atoms with Crippen LogP contribution in [0, 0.1) is 0 Å². The van der Waals surface area contributed by atoms with Crippen LogP contribution in [0.25, 0.3) is 78.7 Å². The predicted octanol–water partition coefficient (Wildman–Crippen LogP) is 12.7. The summed E-state index contributed by atoms with van der Waals surface area (Å²) in [6.45, 7) is 4.69. The molecule has 0 bridgehead atoms. The van der Waals surface area contributed by atoms with E-state index in [1.165, 1.54) is 66.8 Å². The van der Waals surface area contributed by atoms with Crippen molar-refractivity contribution < 1.29 is 0 Å². The molecule has 2 aliphatic rings. The van der Waals surface area contributed by atoms with Crippen molar-refractivity contribution in [3.63, 3.8) is 0 Å². The highest BCUT2D eigenvalue weighted by molar-refractivity contribution is 5.91. The molecule has 0 atom stereocenters. The molecule has 0 amide bonds. The SMILES string of the molecule is C.CC1(C)c2ccccc2-c2cc(-c3cccc4c3Cc3c(-c5ccc(-c6nc(-c7ccccc7)nc(-c7ccccc7)n6)cc5)cccc3-4)ccc21. The fraction of sp³-hybridized carbons (Fsp3) is 0.100. The van der Waals surface area contributed by atoms with Crippen molar-refractivity contribution in [2.75, 3.05) is 0 Å². The van der Waals surface area contributed by atoms with Gasteiger partial charge in [0.1, 0.15) is 0 Å². The zero-order valence-corrected chi connectivity index (χ0v) is 29.1. The molecule has 8 aromatic rings. The molecule has 10 rings (SSSR count). The van der Waals surface area contributed by atoms with Crippen molar-refractivity contribution in [3.05, 3.63) is 186 Å². The summed E-state index contributed by atoms with van der Waals surface area (Å²) < 4.78 is 0. The number of hydrogen-bond donors (Lipinski definition) is 0. The first-order valence-electron chi connectivity index (χ1n) is 18.0. The Bertz CT molecular complexity index is 2600. The van der Waals surface area contributed by atoms with Crippen LogP contribution < -0.4 is 0 Å². The van der Waals surface area contributed by atoms with Crippen LogP contribution in [0.15, 0.2) is 164 Å². The summed E-state index contributed by atoms with van der Waals surface area (Å²) in [6.07, 6.45) is 0.895. The second-order valence-corrected chi connectivity index (χ2v) is 14.4. The minimum absolute atomic E-state index is 0. The first-order chi connectivity index (χ1) is 25.5. The molecule has 1 heterocycles. The summed E-state index contributed by atoms with van der Waals surface area (Å²) in [5.74, 6) is 1.99. The van der Waals surface area contributed by atoms with Crippen LogP contribution in [0.4, 0.5) is 0 Å². The van der Waals surface area contributed by atoms with E-state index in [9.17, 15) is 0 Å². The normalized spacial score (nSPS) is 13.0. The van der Waals surface area contributed by atoms with Gasteiger partial charge in [-0.3, -0.25) is 0 Å². The predicted molar refractivity (Wildman–Crippen MR) is 220 cm³/mol. The summed E-state index contributed by atoms with van der Waals surface area (Å²) in [5.41, 5.74) is 18.9. The molecule has 3 nitrogen and oxygen atoms in total. The van der Waals surface area contributed by atoms with E-state index in [2.05, 4.69) is 117 Å². The van der Waals surface area contributed by atoms with Gasteiger partial charge in [0, 0.05) is 22.1 Å². The number of benzene rings is 7. The van der Waals surface area contributed by atoms with E-state index in [1.54, 1.807) is 0 Å². The molecule has 0 N–H and O–H groups in total. The summed E-state index contributed by atoms with van der Waals surface area (Å²) in [5, 5.41) is 0. The summed E-state index contributed by atoms with van der Waals surface area (Å²) >= 11 is 0. The molecule has 53 heavy (non-hydrogen) atoms. The topological polar surface area (TPSA) is 38.7 Å². The van der Waals surface area contributed by atoms with Crippen LogP contribution in [0.3, 0.4) is 0 Å². The van der Waals surface area contributed by atoms with Gasteiger partial charge in [-0.25, -0.2) is 15.0 Å². The third kappa shape index (κ3) is 5.31. The van der Waals surface area contributed by atoms with E-state index < -0.39 is 0 Å². The van der Waals surface area contributed by atoms with Gasteiger partial charge in [0.25, 0.3) is 0 Å². The van der Waals surface area contributed by atoms with Gasteiger partial charge in [-0.2, -0.15) is 0 Å². The van der Waals surface area contributed by atoms with E-state index in [4.69, 9.17) is 15.0 Å². The van der Waals surface area contributed by atoms with Gasteiger partial charge in [-0.05, 0) is 79.2 Å². The molecular formula is C50H39N3. The lowest BCUT2D eigenvalue weighted by Crippen LogP contribution is -2.14. The molecule has 0 radical (unpaired) electrons. The Morgan fingerprint density at radius 2 is 0.774 bits per heavy atom. The fourth-order valence-corrected chi connectivity index (χ4v) is 8.40. The van der Waals surface area contributed by atoms with Gasteiger partial charge in [-0.1, -0.05) is 179 Å². The first kappa shape index (κ1) is 32.5. The van der Waals surface area contributed by atoms with Crippen LogP contribution in [0.2, 0.25) is 0 Å². The standard InChI is InChI=1S/C49H35N3.CH4/c1-49(2)44-22-10-9-17-40(44)43-29-35(27-28-45(43)49)37-19-12-21-39-38-20-11-18-36(41(38)30-42(37)39)31-23-25-34(26-24-31)48-51-46(32-13-5-3-6-14-32)50-47(52-48)33-15-7-4-8-16-33;/h3-29H,30H2,1-2H3;1H4. The Kier molecular flexibility index (Phi) is 7.74. The van der Waals surface area contributed by atoms with Crippen molar-refractivity contribution in [1.82, 2.24) is 15.0 Å². The fourth-order valence-electron chi connectivity index (χ4n) is 8.40. The van der Waals surface area contributed by atoms with E-state index in [0.29, 0.717) is 17.5 Å². The van der Waals surface area contributed by atoms with Crippen molar-refractivity contribution in [3.8, 4) is 78.7 Å². The highest BCUT2D eigenvalue weighted by Gasteiger charge is 2.35. The van der Waals surface area contributed by atoms with Gasteiger partial charge >= 0.3 is 0 Å². The maximum atomic E-state index is 4.95. The second kappa shape index (κ2) is 12.6. The van der Waals surface area contributed by atoms with Crippen molar-refractivity contribution in [1.29, 1.82) is 0 Å². The van der Waals surface area contributed by atoms with Gasteiger partial charge in [-0.15, -0.1) is 0 Å². The highest BCUT2D eigenvalue weighted by Crippen LogP contribution is 2.51. The zero-order chi connectivity index (χ0) is 34.8. The minimum Gasteiger partial charge on any atom is -0.208 e. The molecule has 0 unspecified atom stereocenters. The number of fused-ring (bicyclic) bond motifs is 6. The third-order valence-corrected chi connectivity index (χ3v) is 11.0. The van der Waals surface area contributed by atoms with Gasteiger partial charge < -0.3 is 0 Å². The summed E-state index contributed by atoms with van der Waals surface area (Å²) in [7, 11) is 0. The molecule has 7 aromatic carbocycles. The maximum Gasteiger partial charge on any atom is 0.164 e. The van der Waals surface area contributed by atoms with Crippen molar-refractivity contribution in [2.45, 2.75) is 33.1 Å². The van der Waals surface area contributed by atoms with E-state index in [1.807, 2.05) is 60.7 Å². The Morgan fingerprint density at radius 1 is 0.358 bits per heavy atom. The first-order valence-corrected chi connectivity index (χ1v) is 18.0. The van der Waals surface area contributed by atoms with Gasteiger partial charge in [0.15, 0.2) is 17.5 Å². The number of nitrogens with zero attached hydrogens (tertiary/aromatic N) is 3. The number of rotatable bonds is 5. The van der Waals surface area contributed by atoms with Crippen LogP contribution >= 0.6 is 0 Å². The molecule has 2 aliphatic carbocycles. The molecule has 0 aliphatic heterocycles.